The number of benzene rings is 1. The number of ether oxygens (including phenoxy) is 2. The van der Waals surface area contributed by atoms with Crippen LogP contribution in [0.5, 0.6) is 5.75 Å². The second-order valence-corrected chi connectivity index (χ2v) is 8.37. The molecule has 1 aromatic carbocycles. The fourth-order valence-corrected chi connectivity index (χ4v) is 3.85. The van der Waals surface area contributed by atoms with E-state index < -0.39 is 29.5 Å². The first kappa shape index (κ1) is 21.9. The lowest BCUT2D eigenvalue weighted by Gasteiger charge is -2.27. The number of imide groups is 1. The van der Waals surface area contributed by atoms with E-state index in [1.54, 1.807) is 31.2 Å². The minimum atomic E-state index is -1.26. The van der Waals surface area contributed by atoms with Crippen LogP contribution in [0.2, 0.25) is 0 Å². The van der Waals surface area contributed by atoms with Crippen LogP contribution >= 0.6 is 0 Å². The van der Waals surface area contributed by atoms with Gasteiger partial charge in [-0.2, -0.15) is 0 Å². The minimum absolute atomic E-state index is 0.132. The van der Waals surface area contributed by atoms with Crippen LogP contribution in [0, 0.1) is 0 Å². The first-order valence-electron chi connectivity index (χ1n) is 10.5. The quantitative estimate of drug-likeness (QED) is 0.418. The number of nitrogens with zero attached hydrogens (tertiary/aromatic N) is 1. The Labute approximate surface area is 177 Å². The molecule has 1 aliphatic carbocycles. The molecule has 1 N–H and O–H groups in total. The van der Waals surface area contributed by atoms with E-state index in [0.29, 0.717) is 17.9 Å². The van der Waals surface area contributed by atoms with Crippen molar-refractivity contribution in [2.45, 2.75) is 70.6 Å². The van der Waals surface area contributed by atoms with Crippen LogP contribution in [0.4, 0.5) is 4.79 Å². The predicted molar refractivity (Wildman–Crippen MR) is 112 cm³/mol. The summed E-state index contributed by atoms with van der Waals surface area (Å²) < 4.78 is 11.1. The van der Waals surface area contributed by atoms with Gasteiger partial charge in [-0.25, -0.2) is 14.5 Å². The summed E-state index contributed by atoms with van der Waals surface area (Å²) in [6.45, 7) is 9.24. The molecule has 0 radical (unpaired) electrons. The monoisotopic (exact) mass is 414 g/mol. The van der Waals surface area contributed by atoms with Gasteiger partial charge in [0, 0.05) is 0 Å². The van der Waals surface area contributed by atoms with Gasteiger partial charge < -0.3 is 14.8 Å². The number of rotatable bonds is 7. The van der Waals surface area contributed by atoms with Crippen molar-refractivity contribution in [2.75, 3.05) is 6.61 Å². The number of hydrogen-bond donors (Lipinski definition) is 1. The Hall–Kier alpha value is -2.83. The van der Waals surface area contributed by atoms with Crippen LogP contribution in [-0.2, 0) is 19.9 Å². The lowest BCUT2D eigenvalue weighted by atomic mass is 9.92. The molecule has 162 valence electrons. The van der Waals surface area contributed by atoms with Crippen molar-refractivity contribution >= 4 is 17.9 Å². The summed E-state index contributed by atoms with van der Waals surface area (Å²) >= 11 is 0. The molecule has 2 aliphatic rings. The van der Waals surface area contributed by atoms with E-state index in [9.17, 15) is 14.4 Å². The Morgan fingerprint density at radius 1 is 1.23 bits per heavy atom. The van der Waals surface area contributed by atoms with E-state index >= 15 is 0 Å². The highest BCUT2D eigenvalue weighted by atomic mass is 16.5. The fourth-order valence-electron chi connectivity index (χ4n) is 3.85. The van der Waals surface area contributed by atoms with Crippen LogP contribution in [0.15, 0.2) is 36.4 Å². The summed E-state index contributed by atoms with van der Waals surface area (Å²) in [5, 5.41) is 2.73. The van der Waals surface area contributed by atoms with Gasteiger partial charge in [-0.3, -0.25) is 4.79 Å². The third-order valence-electron chi connectivity index (χ3n) is 5.70. The van der Waals surface area contributed by atoms with Gasteiger partial charge in [0.25, 0.3) is 5.91 Å². The Balaban J connectivity index is 1.70. The number of esters is 1. The molecule has 0 bridgehead atoms. The van der Waals surface area contributed by atoms with Crippen molar-refractivity contribution in [1.82, 2.24) is 10.2 Å². The van der Waals surface area contributed by atoms with Crippen molar-refractivity contribution < 1.29 is 23.9 Å². The van der Waals surface area contributed by atoms with Gasteiger partial charge in [0.15, 0.2) is 0 Å². The summed E-state index contributed by atoms with van der Waals surface area (Å²) in [5.74, 6) is -0.377. The summed E-state index contributed by atoms with van der Waals surface area (Å²) in [5.41, 5.74) is 0.247. The number of carbonyl (C=O) groups is 3. The van der Waals surface area contributed by atoms with Gasteiger partial charge in [0.05, 0.1) is 0 Å². The van der Waals surface area contributed by atoms with Gasteiger partial charge in [-0.05, 0) is 69.7 Å². The number of hydrogen-bond acceptors (Lipinski definition) is 5. The highest BCUT2D eigenvalue weighted by Crippen LogP contribution is 2.32. The van der Waals surface area contributed by atoms with Crippen LogP contribution in [-0.4, -0.2) is 41.6 Å². The Morgan fingerprint density at radius 3 is 2.47 bits per heavy atom. The van der Waals surface area contributed by atoms with Crippen LogP contribution in [0.1, 0.15) is 58.4 Å². The first-order valence-corrected chi connectivity index (χ1v) is 10.5. The molecule has 3 rings (SSSR count). The highest BCUT2D eigenvalue weighted by molar-refractivity contribution is 6.09. The van der Waals surface area contributed by atoms with Gasteiger partial charge >= 0.3 is 12.0 Å². The standard InChI is InChI=1S/C23H30N2O5/c1-15(2)14-29-18-12-10-17(11-13-18)23(4)21(27)25(22(28)24-23)16(3)20(26)30-19-8-6-5-7-9-19/h10-13,16,19H,1,5-9,14H2,2-4H3,(H,24,28). The zero-order valence-electron chi connectivity index (χ0n) is 17.9. The second kappa shape index (κ2) is 8.90. The van der Waals surface area contributed by atoms with E-state index in [-0.39, 0.29) is 6.10 Å². The smallest absolute Gasteiger partial charge is 0.329 e. The van der Waals surface area contributed by atoms with Gasteiger partial charge in [0.2, 0.25) is 0 Å². The molecular weight excluding hydrogens is 384 g/mol. The molecule has 2 unspecified atom stereocenters. The van der Waals surface area contributed by atoms with Crippen molar-refractivity contribution in [3.63, 3.8) is 0 Å². The molecule has 3 amide bonds. The summed E-state index contributed by atoms with van der Waals surface area (Å²) in [6.07, 6.45) is 4.73. The van der Waals surface area contributed by atoms with E-state index in [1.165, 1.54) is 6.92 Å². The van der Waals surface area contributed by atoms with E-state index in [4.69, 9.17) is 9.47 Å². The molecule has 1 aromatic rings. The average molecular weight is 415 g/mol. The summed E-state index contributed by atoms with van der Waals surface area (Å²) in [6, 6.07) is 5.37. The molecule has 1 heterocycles. The first-order chi connectivity index (χ1) is 14.2. The Morgan fingerprint density at radius 2 is 1.87 bits per heavy atom. The van der Waals surface area contributed by atoms with Crippen molar-refractivity contribution in [1.29, 1.82) is 0 Å². The topological polar surface area (TPSA) is 84.9 Å². The molecule has 0 aromatic heterocycles. The molecule has 7 heteroatoms. The molecule has 1 aliphatic heterocycles. The van der Waals surface area contributed by atoms with Crippen LogP contribution in [0.25, 0.3) is 0 Å². The maximum absolute atomic E-state index is 13.2. The summed E-state index contributed by atoms with van der Waals surface area (Å²) in [4.78, 5) is 39.3. The second-order valence-electron chi connectivity index (χ2n) is 8.37. The SMILES string of the molecule is C=C(C)COc1ccc(C2(C)NC(=O)N(C(C)C(=O)OC3CCCCC3)C2=O)cc1. The number of amides is 3. The molecule has 2 atom stereocenters. The Kier molecular flexibility index (Phi) is 6.48. The van der Waals surface area contributed by atoms with E-state index in [0.717, 1.165) is 42.6 Å². The normalized spacial score (nSPS) is 23.1. The van der Waals surface area contributed by atoms with Gasteiger partial charge in [0.1, 0.15) is 30.0 Å². The van der Waals surface area contributed by atoms with Crippen LogP contribution < -0.4 is 10.1 Å². The highest BCUT2D eigenvalue weighted by Gasteiger charge is 2.52. The Bertz CT molecular complexity index is 829. The maximum Gasteiger partial charge on any atom is 0.329 e. The van der Waals surface area contributed by atoms with Gasteiger partial charge in [-0.15, -0.1) is 0 Å². The zero-order chi connectivity index (χ0) is 21.9. The van der Waals surface area contributed by atoms with Crippen LogP contribution in [0.3, 0.4) is 0 Å². The average Bonchev–Trinajstić information content (AvgIpc) is 2.96. The third kappa shape index (κ3) is 4.50. The third-order valence-corrected chi connectivity index (χ3v) is 5.70. The maximum atomic E-state index is 13.2. The predicted octanol–water partition coefficient (Wildman–Crippen LogP) is 3.67. The molecule has 1 saturated heterocycles. The lowest BCUT2D eigenvalue weighted by molar-refractivity contribution is -0.158. The number of carbonyl (C=O) groups excluding carboxylic acids is 3. The molecule has 30 heavy (non-hydrogen) atoms. The van der Waals surface area contributed by atoms with Crippen molar-refractivity contribution in [3.8, 4) is 5.75 Å². The largest absolute Gasteiger partial charge is 0.489 e. The van der Waals surface area contributed by atoms with E-state index in [1.807, 2.05) is 6.92 Å². The minimum Gasteiger partial charge on any atom is -0.489 e. The zero-order valence-corrected chi connectivity index (χ0v) is 17.9. The fraction of sp³-hybridized carbons (Fsp3) is 0.522. The molecular formula is C23H30N2O5. The summed E-state index contributed by atoms with van der Waals surface area (Å²) in [7, 11) is 0. The number of urea groups is 1. The molecule has 2 fully saturated rings. The molecule has 1 saturated carbocycles. The lowest BCUT2D eigenvalue weighted by Crippen LogP contribution is -2.46. The number of nitrogens with one attached hydrogen (secondary N) is 1. The van der Waals surface area contributed by atoms with Gasteiger partial charge in [-0.1, -0.05) is 25.1 Å². The molecule has 0 spiro atoms. The van der Waals surface area contributed by atoms with E-state index in [2.05, 4.69) is 11.9 Å². The molecule has 7 nitrogen and oxygen atoms in total. The van der Waals surface area contributed by atoms with Crippen molar-refractivity contribution in [2.24, 2.45) is 0 Å². The van der Waals surface area contributed by atoms with Crippen molar-refractivity contribution in [3.05, 3.63) is 42.0 Å².